The predicted molar refractivity (Wildman–Crippen MR) is 255 cm³/mol. The van der Waals surface area contributed by atoms with E-state index in [4.69, 9.17) is 9.97 Å². The summed E-state index contributed by atoms with van der Waals surface area (Å²) >= 11 is 0. The van der Waals surface area contributed by atoms with Crippen molar-refractivity contribution in [3.63, 3.8) is 0 Å². The molecule has 0 atom stereocenters. The molecule has 0 bridgehead atoms. The normalized spacial score (nSPS) is 11.1. The molecule has 3 heteroatoms. The SMILES string of the molecule is CC.CC.Cc1ccccc1-c1nc(-c2cccc(-c3ccccc3)c2)c(-n2c3ccccc3c3c4ccccc4c(-c4cc5ccccc5cc4C)c(C)c32)nc1C. The van der Waals surface area contributed by atoms with Gasteiger partial charge in [-0.25, -0.2) is 9.97 Å². The van der Waals surface area contributed by atoms with Gasteiger partial charge in [-0.15, -0.1) is 0 Å². The van der Waals surface area contributed by atoms with E-state index in [9.17, 15) is 0 Å². The van der Waals surface area contributed by atoms with Crippen molar-refractivity contribution in [1.29, 1.82) is 0 Å². The summed E-state index contributed by atoms with van der Waals surface area (Å²) in [6.45, 7) is 16.8. The maximum Gasteiger partial charge on any atom is 0.164 e. The molecule has 0 fully saturated rings. The van der Waals surface area contributed by atoms with Gasteiger partial charge in [-0.2, -0.15) is 0 Å². The minimum absolute atomic E-state index is 0.825. The number of rotatable bonds is 5. The number of aromatic nitrogens is 3. The number of para-hydroxylation sites is 1. The Bertz CT molecular complexity index is 3130. The standard InChI is InChI=1S/C52H39N3.2C2H6/c1-32-17-8-11-24-41(32)49-35(4)53-52(50(54-49)40-23-16-22-38(30-40)36-18-6-5-7-19-36)55-46-28-15-14-27-44(46)48-43-26-13-12-25-42(43)47(34(3)51(48)55)45-31-39-21-10-9-20-37(39)29-33(45)2;2*1-2/h5-31H,1-4H3;2*1-2H3. The van der Waals surface area contributed by atoms with Crippen LogP contribution in [0.3, 0.4) is 0 Å². The van der Waals surface area contributed by atoms with E-state index in [0.717, 1.165) is 50.6 Å². The highest BCUT2D eigenvalue weighted by Gasteiger charge is 2.26. The number of hydrogen-bond donors (Lipinski definition) is 0. The fourth-order valence-corrected chi connectivity index (χ4v) is 8.73. The molecule has 0 N–H and O–H groups in total. The minimum atomic E-state index is 0.825. The van der Waals surface area contributed by atoms with Gasteiger partial charge >= 0.3 is 0 Å². The number of fused-ring (bicyclic) bond motifs is 6. The lowest BCUT2D eigenvalue weighted by atomic mass is 9.87. The van der Waals surface area contributed by atoms with Gasteiger partial charge in [0.15, 0.2) is 5.82 Å². The monoisotopic (exact) mass is 765 g/mol. The second-order valence-electron chi connectivity index (χ2n) is 14.7. The van der Waals surface area contributed by atoms with Crippen molar-refractivity contribution in [3.05, 3.63) is 186 Å². The molecule has 290 valence electrons. The number of benzene rings is 8. The Hall–Kier alpha value is -6.84. The molecule has 0 unspecified atom stereocenters. The van der Waals surface area contributed by atoms with Crippen molar-refractivity contribution in [3.8, 4) is 50.6 Å². The highest BCUT2D eigenvalue weighted by Crippen LogP contribution is 2.46. The average Bonchev–Trinajstić information content (AvgIpc) is 3.64. The molecule has 10 aromatic rings. The second-order valence-corrected chi connectivity index (χ2v) is 14.7. The van der Waals surface area contributed by atoms with Crippen LogP contribution < -0.4 is 0 Å². The van der Waals surface area contributed by atoms with Gasteiger partial charge in [-0.3, -0.25) is 4.57 Å². The second kappa shape index (κ2) is 16.6. The van der Waals surface area contributed by atoms with E-state index < -0.39 is 0 Å². The minimum Gasteiger partial charge on any atom is -0.292 e. The van der Waals surface area contributed by atoms with Gasteiger partial charge < -0.3 is 0 Å². The first kappa shape index (κ1) is 39.0. The van der Waals surface area contributed by atoms with E-state index in [0.29, 0.717) is 0 Å². The van der Waals surface area contributed by atoms with Crippen LogP contribution in [0.25, 0.3) is 93.9 Å². The van der Waals surface area contributed by atoms with Crippen molar-refractivity contribution in [2.24, 2.45) is 0 Å². The largest absolute Gasteiger partial charge is 0.292 e. The molecular weight excluding hydrogens is 715 g/mol. The molecule has 10 rings (SSSR count). The molecule has 3 nitrogen and oxygen atoms in total. The van der Waals surface area contributed by atoms with E-state index >= 15 is 0 Å². The van der Waals surface area contributed by atoms with E-state index in [2.05, 4.69) is 196 Å². The molecule has 2 aromatic heterocycles. The Morgan fingerprint density at radius 1 is 0.424 bits per heavy atom. The van der Waals surface area contributed by atoms with Crippen LogP contribution in [0.4, 0.5) is 0 Å². The van der Waals surface area contributed by atoms with Crippen molar-refractivity contribution >= 4 is 43.4 Å². The molecule has 0 radical (unpaired) electrons. The van der Waals surface area contributed by atoms with Crippen molar-refractivity contribution in [1.82, 2.24) is 14.5 Å². The van der Waals surface area contributed by atoms with Gasteiger partial charge in [0.25, 0.3) is 0 Å². The van der Waals surface area contributed by atoms with Crippen LogP contribution in [0.2, 0.25) is 0 Å². The highest BCUT2D eigenvalue weighted by atomic mass is 15.1. The van der Waals surface area contributed by atoms with Gasteiger partial charge in [0.05, 0.1) is 22.4 Å². The number of hydrogen-bond acceptors (Lipinski definition) is 2. The zero-order valence-corrected chi connectivity index (χ0v) is 35.4. The molecule has 0 saturated heterocycles. The third kappa shape index (κ3) is 6.77. The Morgan fingerprint density at radius 3 is 1.76 bits per heavy atom. The number of nitrogens with zero attached hydrogens (tertiary/aromatic N) is 3. The van der Waals surface area contributed by atoms with Crippen LogP contribution in [0, 0.1) is 27.7 Å². The summed E-state index contributed by atoms with van der Waals surface area (Å²) < 4.78 is 2.40. The summed E-state index contributed by atoms with van der Waals surface area (Å²) in [5.74, 6) is 0.825. The third-order valence-corrected chi connectivity index (χ3v) is 11.3. The zero-order valence-electron chi connectivity index (χ0n) is 35.4. The van der Waals surface area contributed by atoms with Crippen LogP contribution in [-0.2, 0) is 0 Å². The van der Waals surface area contributed by atoms with Crippen LogP contribution in [-0.4, -0.2) is 14.5 Å². The molecule has 0 amide bonds. The Morgan fingerprint density at radius 2 is 1.02 bits per heavy atom. The summed E-state index contributed by atoms with van der Waals surface area (Å²) in [4.78, 5) is 11.2. The van der Waals surface area contributed by atoms with Crippen LogP contribution >= 0.6 is 0 Å². The first-order valence-corrected chi connectivity index (χ1v) is 21.0. The Balaban J connectivity index is 0.00000118. The predicted octanol–water partition coefficient (Wildman–Crippen LogP) is 15.8. The maximum absolute atomic E-state index is 5.62. The topological polar surface area (TPSA) is 30.7 Å². The summed E-state index contributed by atoms with van der Waals surface area (Å²) in [6, 6.07) is 58.9. The molecular formula is C56H51N3. The van der Waals surface area contributed by atoms with Crippen molar-refractivity contribution in [2.75, 3.05) is 0 Å². The quantitative estimate of drug-likeness (QED) is 0.175. The lowest BCUT2D eigenvalue weighted by Gasteiger charge is -2.20. The fraction of sp³-hybridized carbons (Fsp3) is 0.143. The van der Waals surface area contributed by atoms with Crippen LogP contribution in [0.1, 0.15) is 50.1 Å². The maximum atomic E-state index is 5.62. The molecule has 0 spiro atoms. The smallest absolute Gasteiger partial charge is 0.164 e. The van der Waals surface area contributed by atoms with Gasteiger partial charge in [-0.1, -0.05) is 173 Å². The van der Waals surface area contributed by atoms with Crippen LogP contribution in [0.5, 0.6) is 0 Å². The summed E-state index contributed by atoms with van der Waals surface area (Å²) in [7, 11) is 0. The summed E-state index contributed by atoms with van der Waals surface area (Å²) in [5, 5.41) is 7.40. The molecule has 0 aliphatic heterocycles. The van der Waals surface area contributed by atoms with E-state index in [1.807, 2.05) is 27.7 Å². The van der Waals surface area contributed by atoms with Crippen LogP contribution in [0.15, 0.2) is 164 Å². The first-order chi connectivity index (χ1) is 29.0. The molecule has 8 aromatic carbocycles. The summed E-state index contributed by atoms with van der Waals surface area (Å²) in [6.07, 6.45) is 0. The van der Waals surface area contributed by atoms with Gasteiger partial charge in [0.1, 0.15) is 5.69 Å². The molecule has 0 saturated carbocycles. The van der Waals surface area contributed by atoms with Crippen molar-refractivity contribution in [2.45, 2.75) is 55.4 Å². The van der Waals surface area contributed by atoms with E-state index in [1.165, 1.54) is 65.7 Å². The third-order valence-electron chi connectivity index (χ3n) is 11.3. The fourth-order valence-electron chi connectivity index (χ4n) is 8.73. The number of aryl methyl sites for hydroxylation is 4. The zero-order chi connectivity index (χ0) is 41.2. The lowest BCUT2D eigenvalue weighted by molar-refractivity contribution is 1.01. The highest BCUT2D eigenvalue weighted by molar-refractivity contribution is 6.26. The Kier molecular flexibility index (Phi) is 10.9. The first-order valence-electron chi connectivity index (χ1n) is 21.0. The van der Waals surface area contributed by atoms with Gasteiger partial charge in [0, 0.05) is 21.9 Å². The molecule has 2 heterocycles. The summed E-state index contributed by atoms with van der Waals surface area (Å²) in [5.41, 5.74) is 15.5. The molecule has 59 heavy (non-hydrogen) atoms. The van der Waals surface area contributed by atoms with E-state index in [-0.39, 0.29) is 0 Å². The Labute approximate surface area is 348 Å². The molecule has 0 aliphatic rings. The van der Waals surface area contributed by atoms with Crippen molar-refractivity contribution < 1.29 is 0 Å². The lowest BCUT2D eigenvalue weighted by Crippen LogP contribution is -2.08. The van der Waals surface area contributed by atoms with Gasteiger partial charge in [0.2, 0.25) is 0 Å². The van der Waals surface area contributed by atoms with E-state index in [1.54, 1.807) is 0 Å². The van der Waals surface area contributed by atoms with Gasteiger partial charge in [-0.05, 0) is 106 Å². The average molecular weight is 766 g/mol. The molecule has 0 aliphatic carbocycles.